The van der Waals surface area contributed by atoms with E-state index in [2.05, 4.69) is 12.1 Å². The second kappa shape index (κ2) is 9.82. The van der Waals surface area contributed by atoms with E-state index in [-0.39, 0.29) is 30.4 Å². The third-order valence-corrected chi connectivity index (χ3v) is 3.96. The highest BCUT2D eigenvalue weighted by molar-refractivity contribution is 5.85. The smallest absolute Gasteiger partial charge is 0.222 e. The molecule has 0 aromatic heterocycles. The minimum atomic E-state index is 0. The minimum Gasteiger partial charge on any atom is -0.379 e. The molecule has 22 heavy (non-hydrogen) atoms. The number of ether oxygens (including phenoxy) is 1. The third-order valence-electron chi connectivity index (χ3n) is 3.96. The number of nitrogens with two attached hydrogens (primary N) is 1. The fourth-order valence-electron chi connectivity index (χ4n) is 2.67. The molecule has 2 rings (SSSR count). The molecule has 4 nitrogen and oxygen atoms in total. The van der Waals surface area contributed by atoms with Crippen LogP contribution in [0.3, 0.4) is 0 Å². The summed E-state index contributed by atoms with van der Waals surface area (Å²) in [6.45, 7) is 4.13. The molecule has 2 unspecified atom stereocenters. The molecule has 1 aromatic carbocycles. The van der Waals surface area contributed by atoms with Gasteiger partial charge in [-0.15, -0.1) is 12.4 Å². The van der Waals surface area contributed by atoms with Gasteiger partial charge in [0.25, 0.3) is 0 Å². The van der Waals surface area contributed by atoms with Gasteiger partial charge in [-0.3, -0.25) is 4.79 Å². The Morgan fingerprint density at radius 1 is 1.41 bits per heavy atom. The van der Waals surface area contributed by atoms with E-state index in [0.717, 1.165) is 32.4 Å². The van der Waals surface area contributed by atoms with E-state index >= 15 is 0 Å². The normalized spacial score (nSPS) is 18.5. The molecule has 2 N–H and O–H groups in total. The summed E-state index contributed by atoms with van der Waals surface area (Å²) in [5.41, 5.74) is 7.03. The van der Waals surface area contributed by atoms with E-state index in [9.17, 15) is 4.79 Å². The van der Waals surface area contributed by atoms with Crippen LogP contribution >= 0.6 is 12.4 Å². The summed E-state index contributed by atoms with van der Waals surface area (Å²) in [4.78, 5) is 14.5. The summed E-state index contributed by atoms with van der Waals surface area (Å²) < 4.78 is 5.45. The van der Waals surface area contributed by atoms with E-state index in [4.69, 9.17) is 10.5 Å². The van der Waals surface area contributed by atoms with Crippen LogP contribution in [0.15, 0.2) is 30.3 Å². The van der Waals surface area contributed by atoms with Gasteiger partial charge in [-0.1, -0.05) is 30.3 Å². The molecule has 1 aliphatic rings. The minimum absolute atomic E-state index is 0. The van der Waals surface area contributed by atoms with Crippen molar-refractivity contribution in [3.8, 4) is 0 Å². The number of carbonyl (C=O) groups excluding carboxylic acids is 1. The van der Waals surface area contributed by atoms with Gasteiger partial charge < -0.3 is 15.4 Å². The quantitative estimate of drug-likeness (QED) is 0.837. The van der Waals surface area contributed by atoms with Crippen molar-refractivity contribution in [3.63, 3.8) is 0 Å². The Morgan fingerprint density at radius 3 is 2.73 bits per heavy atom. The average Bonchev–Trinajstić information content (AvgIpc) is 3.00. The van der Waals surface area contributed by atoms with Crippen LogP contribution in [0.25, 0.3) is 0 Å². The zero-order valence-electron chi connectivity index (χ0n) is 13.2. The van der Waals surface area contributed by atoms with Crippen molar-refractivity contribution in [2.45, 2.75) is 44.7 Å². The van der Waals surface area contributed by atoms with Crippen LogP contribution in [0.4, 0.5) is 0 Å². The fourth-order valence-corrected chi connectivity index (χ4v) is 2.67. The maximum atomic E-state index is 12.5. The van der Waals surface area contributed by atoms with Crippen LogP contribution < -0.4 is 5.73 Å². The number of carbonyl (C=O) groups is 1. The van der Waals surface area contributed by atoms with E-state index in [1.54, 1.807) is 0 Å². The molecule has 124 valence electrons. The van der Waals surface area contributed by atoms with Crippen LogP contribution in [0.1, 0.15) is 31.7 Å². The van der Waals surface area contributed by atoms with Crippen molar-refractivity contribution < 1.29 is 9.53 Å². The lowest BCUT2D eigenvalue weighted by molar-refractivity contribution is -0.133. The van der Waals surface area contributed by atoms with Crippen molar-refractivity contribution in [1.29, 1.82) is 0 Å². The van der Waals surface area contributed by atoms with Crippen molar-refractivity contribution in [3.05, 3.63) is 35.9 Å². The van der Waals surface area contributed by atoms with Crippen molar-refractivity contribution in [1.82, 2.24) is 4.90 Å². The summed E-state index contributed by atoms with van der Waals surface area (Å²) in [6.07, 6.45) is 3.11. The SMILES string of the molecule is CC(N)CCC(=O)N(CCc1ccccc1)C1CCOC1.Cl. The summed E-state index contributed by atoms with van der Waals surface area (Å²) in [5, 5.41) is 0. The van der Waals surface area contributed by atoms with Crippen LogP contribution in [0.2, 0.25) is 0 Å². The number of halogens is 1. The highest BCUT2D eigenvalue weighted by Gasteiger charge is 2.26. The Bertz CT molecular complexity index is 434. The summed E-state index contributed by atoms with van der Waals surface area (Å²) in [5.74, 6) is 0.207. The lowest BCUT2D eigenvalue weighted by atomic mass is 10.1. The van der Waals surface area contributed by atoms with E-state index in [1.807, 2.05) is 30.0 Å². The van der Waals surface area contributed by atoms with Gasteiger partial charge in [0.05, 0.1) is 12.6 Å². The van der Waals surface area contributed by atoms with Crippen LogP contribution in [-0.4, -0.2) is 42.6 Å². The van der Waals surface area contributed by atoms with Gasteiger partial charge in [-0.05, 0) is 31.7 Å². The maximum Gasteiger partial charge on any atom is 0.222 e. The average molecular weight is 327 g/mol. The van der Waals surface area contributed by atoms with Gasteiger partial charge in [-0.2, -0.15) is 0 Å². The topological polar surface area (TPSA) is 55.6 Å². The predicted octanol–water partition coefficient (Wildman–Crippen LogP) is 2.40. The Kier molecular flexibility index (Phi) is 8.46. The van der Waals surface area contributed by atoms with E-state index in [1.165, 1.54) is 5.56 Å². The first kappa shape index (κ1) is 18.9. The standard InChI is InChI=1S/C17H26N2O2.ClH/c1-14(18)7-8-17(20)19(16-10-12-21-13-16)11-9-15-5-3-2-4-6-15;/h2-6,14,16H,7-13,18H2,1H3;1H. The van der Waals surface area contributed by atoms with Gasteiger partial charge in [0.1, 0.15) is 0 Å². The lowest BCUT2D eigenvalue weighted by Gasteiger charge is -2.28. The van der Waals surface area contributed by atoms with Gasteiger partial charge in [0.2, 0.25) is 5.91 Å². The van der Waals surface area contributed by atoms with Crippen LogP contribution in [-0.2, 0) is 16.0 Å². The molecule has 0 aliphatic carbocycles. The van der Waals surface area contributed by atoms with Crippen molar-refractivity contribution in [2.75, 3.05) is 19.8 Å². The first-order valence-corrected chi connectivity index (χ1v) is 7.83. The Morgan fingerprint density at radius 2 is 2.14 bits per heavy atom. The monoisotopic (exact) mass is 326 g/mol. The first-order chi connectivity index (χ1) is 10.2. The number of amides is 1. The van der Waals surface area contributed by atoms with E-state index in [0.29, 0.717) is 13.0 Å². The number of benzene rings is 1. The number of nitrogens with zero attached hydrogens (tertiary/aromatic N) is 1. The highest BCUT2D eigenvalue weighted by Crippen LogP contribution is 2.16. The van der Waals surface area contributed by atoms with E-state index < -0.39 is 0 Å². The Balaban J connectivity index is 0.00000242. The molecule has 0 spiro atoms. The Hall–Kier alpha value is -1.10. The number of hydrogen-bond donors (Lipinski definition) is 1. The summed E-state index contributed by atoms with van der Waals surface area (Å²) in [6, 6.07) is 10.6. The molecule has 2 atom stereocenters. The molecule has 1 aromatic rings. The van der Waals surface area contributed by atoms with Gasteiger partial charge in [0.15, 0.2) is 0 Å². The summed E-state index contributed by atoms with van der Waals surface area (Å²) in [7, 11) is 0. The highest BCUT2D eigenvalue weighted by atomic mass is 35.5. The Labute approximate surface area is 139 Å². The molecule has 1 aliphatic heterocycles. The second-order valence-corrected chi connectivity index (χ2v) is 5.86. The molecule has 1 saturated heterocycles. The molecule has 0 radical (unpaired) electrons. The van der Waals surface area contributed by atoms with Crippen molar-refractivity contribution in [2.24, 2.45) is 5.73 Å². The van der Waals surface area contributed by atoms with Crippen LogP contribution in [0, 0.1) is 0 Å². The largest absolute Gasteiger partial charge is 0.379 e. The number of hydrogen-bond acceptors (Lipinski definition) is 3. The second-order valence-electron chi connectivity index (χ2n) is 5.86. The molecule has 1 fully saturated rings. The fraction of sp³-hybridized carbons (Fsp3) is 0.588. The zero-order valence-corrected chi connectivity index (χ0v) is 14.1. The van der Waals surface area contributed by atoms with Crippen molar-refractivity contribution >= 4 is 18.3 Å². The number of rotatable bonds is 7. The van der Waals surface area contributed by atoms with Gasteiger partial charge >= 0.3 is 0 Å². The van der Waals surface area contributed by atoms with Gasteiger partial charge in [0, 0.05) is 25.6 Å². The maximum absolute atomic E-state index is 12.5. The molecular formula is C17H27ClN2O2. The molecular weight excluding hydrogens is 300 g/mol. The summed E-state index contributed by atoms with van der Waals surface area (Å²) >= 11 is 0. The first-order valence-electron chi connectivity index (χ1n) is 7.83. The zero-order chi connectivity index (χ0) is 15.1. The molecule has 5 heteroatoms. The molecule has 0 saturated carbocycles. The lowest BCUT2D eigenvalue weighted by Crippen LogP contribution is -2.42. The molecule has 0 bridgehead atoms. The molecule has 1 heterocycles. The third kappa shape index (κ3) is 5.95. The predicted molar refractivity (Wildman–Crippen MR) is 91.2 cm³/mol. The van der Waals surface area contributed by atoms with Crippen LogP contribution in [0.5, 0.6) is 0 Å². The molecule has 1 amide bonds. The van der Waals surface area contributed by atoms with Gasteiger partial charge in [-0.25, -0.2) is 0 Å².